The molecule has 0 fully saturated rings. The minimum Gasteiger partial charge on any atom is -0.395 e. The van der Waals surface area contributed by atoms with Gasteiger partial charge in [0.05, 0.1) is 11.4 Å². The number of nitrogens with two attached hydrogens (primary N) is 1. The second-order valence-electron chi connectivity index (χ2n) is 4.78. The number of nitrogen functional groups attached to an aromatic ring is 1. The minimum absolute atomic E-state index is 0.203. The number of aromatic nitrogens is 2. The Kier molecular flexibility index (Phi) is 4.54. The molecule has 1 unspecified atom stereocenters. The molecule has 0 aliphatic carbocycles. The summed E-state index contributed by atoms with van der Waals surface area (Å²) < 4.78 is 0. The highest BCUT2D eigenvalue weighted by atomic mass is 16.1. The van der Waals surface area contributed by atoms with E-state index in [-0.39, 0.29) is 11.8 Å². The minimum atomic E-state index is -0.203. The Morgan fingerprint density at radius 2 is 2.12 bits per heavy atom. The van der Waals surface area contributed by atoms with Gasteiger partial charge in [-0.3, -0.25) is 9.89 Å². The van der Waals surface area contributed by atoms with E-state index in [2.05, 4.69) is 29.4 Å². The van der Waals surface area contributed by atoms with Gasteiger partial charge >= 0.3 is 0 Å². The molecule has 5 nitrogen and oxygen atoms in total. The second kappa shape index (κ2) is 5.70. The number of hydrogen-bond acceptors (Lipinski definition) is 3. The Morgan fingerprint density at radius 1 is 1.47 bits per heavy atom. The van der Waals surface area contributed by atoms with E-state index in [1.54, 1.807) is 0 Å². The number of H-pyrrole nitrogens is 1. The van der Waals surface area contributed by atoms with Gasteiger partial charge in [-0.25, -0.2) is 0 Å². The van der Waals surface area contributed by atoms with Crippen LogP contribution >= 0.6 is 0 Å². The van der Waals surface area contributed by atoms with Crippen molar-refractivity contribution in [1.29, 1.82) is 0 Å². The molecule has 0 saturated carbocycles. The Hall–Kier alpha value is -1.52. The SMILES string of the molecule is CCC(C)CNC(=O)c1n[nH]c(C(C)C)c1N. The maximum absolute atomic E-state index is 11.8. The van der Waals surface area contributed by atoms with Crippen LogP contribution in [0, 0.1) is 5.92 Å². The van der Waals surface area contributed by atoms with E-state index < -0.39 is 0 Å². The molecule has 17 heavy (non-hydrogen) atoms. The van der Waals surface area contributed by atoms with Crippen LogP contribution in [0.25, 0.3) is 0 Å². The van der Waals surface area contributed by atoms with Crippen LogP contribution in [0.5, 0.6) is 0 Å². The lowest BCUT2D eigenvalue weighted by Gasteiger charge is -2.09. The van der Waals surface area contributed by atoms with Gasteiger partial charge in [0.1, 0.15) is 0 Å². The van der Waals surface area contributed by atoms with Crippen LogP contribution in [-0.2, 0) is 0 Å². The first-order valence-electron chi connectivity index (χ1n) is 6.09. The van der Waals surface area contributed by atoms with Crippen molar-refractivity contribution in [3.63, 3.8) is 0 Å². The molecular weight excluding hydrogens is 216 g/mol. The third-order valence-electron chi connectivity index (χ3n) is 2.93. The number of amides is 1. The van der Waals surface area contributed by atoms with E-state index in [1.807, 2.05) is 13.8 Å². The zero-order valence-electron chi connectivity index (χ0n) is 11.0. The molecular formula is C12H22N4O. The van der Waals surface area contributed by atoms with E-state index in [0.717, 1.165) is 12.1 Å². The molecule has 1 heterocycles. The molecule has 0 radical (unpaired) electrons. The molecule has 1 aromatic rings. The van der Waals surface area contributed by atoms with Crippen LogP contribution in [-0.4, -0.2) is 22.6 Å². The van der Waals surface area contributed by atoms with Crippen LogP contribution in [0.15, 0.2) is 0 Å². The van der Waals surface area contributed by atoms with Crippen LogP contribution in [0.4, 0.5) is 5.69 Å². The van der Waals surface area contributed by atoms with Gasteiger partial charge in [0.2, 0.25) is 0 Å². The third-order valence-corrected chi connectivity index (χ3v) is 2.93. The van der Waals surface area contributed by atoms with Crippen molar-refractivity contribution in [2.45, 2.75) is 40.0 Å². The van der Waals surface area contributed by atoms with Crippen LogP contribution in [0.1, 0.15) is 56.2 Å². The summed E-state index contributed by atoms with van der Waals surface area (Å²) in [6.45, 7) is 8.85. The topological polar surface area (TPSA) is 83.8 Å². The van der Waals surface area contributed by atoms with Crippen LogP contribution in [0.3, 0.4) is 0 Å². The summed E-state index contributed by atoms with van der Waals surface area (Å²) in [4.78, 5) is 11.8. The molecule has 1 rings (SSSR count). The fourth-order valence-corrected chi connectivity index (χ4v) is 1.47. The second-order valence-corrected chi connectivity index (χ2v) is 4.78. The van der Waals surface area contributed by atoms with E-state index in [0.29, 0.717) is 23.8 Å². The van der Waals surface area contributed by atoms with Crippen LogP contribution < -0.4 is 11.1 Å². The molecule has 0 aliphatic rings. The number of nitrogens with one attached hydrogen (secondary N) is 2. The molecule has 1 atom stereocenters. The van der Waals surface area contributed by atoms with E-state index in [4.69, 9.17) is 5.73 Å². The lowest BCUT2D eigenvalue weighted by molar-refractivity contribution is 0.0943. The van der Waals surface area contributed by atoms with Gasteiger partial charge in [0.15, 0.2) is 5.69 Å². The maximum Gasteiger partial charge on any atom is 0.273 e. The normalized spacial score (nSPS) is 12.8. The summed E-state index contributed by atoms with van der Waals surface area (Å²) >= 11 is 0. The number of anilines is 1. The molecule has 0 spiro atoms. The van der Waals surface area contributed by atoms with Crippen molar-refractivity contribution in [3.8, 4) is 0 Å². The molecule has 4 N–H and O–H groups in total. The summed E-state index contributed by atoms with van der Waals surface area (Å²) in [6.07, 6.45) is 1.04. The highest BCUT2D eigenvalue weighted by molar-refractivity contribution is 5.97. The van der Waals surface area contributed by atoms with E-state index in [1.165, 1.54) is 0 Å². The molecule has 0 aliphatic heterocycles. The van der Waals surface area contributed by atoms with E-state index >= 15 is 0 Å². The van der Waals surface area contributed by atoms with E-state index in [9.17, 15) is 4.79 Å². The monoisotopic (exact) mass is 238 g/mol. The first kappa shape index (κ1) is 13.5. The number of hydrogen-bond donors (Lipinski definition) is 3. The zero-order chi connectivity index (χ0) is 13.0. The van der Waals surface area contributed by atoms with Gasteiger partial charge in [-0.05, 0) is 11.8 Å². The smallest absolute Gasteiger partial charge is 0.273 e. The lowest BCUT2D eigenvalue weighted by Crippen LogP contribution is -2.29. The molecule has 5 heteroatoms. The first-order valence-corrected chi connectivity index (χ1v) is 6.09. The summed E-state index contributed by atoms with van der Waals surface area (Å²) in [7, 11) is 0. The molecule has 1 amide bonds. The number of carbonyl (C=O) groups excluding carboxylic acids is 1. The number of aromatic amines is 1. The summed E-state index contributed by atoms with van der Waals surface area (Å²) in [5.74, 6) is 0.494. The number of nitrogens with zero attached hydrogens (tertiary/aromatic N) is 1. The Balaban J connectivity index is 2.70. The van der Waals surface area contributed by atoms with Crippen LogP contribution in [0.2, 0.25) is 0 Å². The maximum atomic E-state index is 11.8. The third kappa shape index (κ3) is 3.22. The molecule has 0 saturated heterocycles. The summed E-state index contributed by atoms with van der Waals surface area (Å²) in [6, 6.07) is 0. The summed E-state index contributed by atoms with van der Waals surface area (Å²) in [5.41, 5.74) is 7.47. The van der Waals surface area contributed by atoms with Crippen molar-refractivity contribution in [2.24, 2.45) is 5.92 Å². The largest absolute Gasteiger partial charge is 0.395 e. The standard InChI is InChI=1S/C12H22N4O/c1-5-8(4)6-14-12(17)11-9(13)10(7(2)3)15-16-11/h7-8H,5-6,13H2,1-4H3,(H,14,17)(H,15,16). The lowest BCUT2D eigenvalue weighted by atomic mass is 10.1. The highest BCUT2D eigenvalue weighted by Crippen LogP contribution is 2.21. The molecule has 0 aromatic carbocycles. The fraction of sp³-hybridized carbons (Fsp3) is 0.667. The highest BCUT2D eigenvalue weighted by Gasteiger charge is 2.18. The van der Waals surface area contributed by atoms with Crippen molar-refractivity contribution in [3.05, 3.63) is 11.4 Å². The summed E-state index contributed by atoms with van der Waals surface area (Å²) in [5, 5.41) is 9.64. The van der Waals surface area contributed by atoms with Crippen molar-refractivity contribution < 1.29 is 4.79 Å². The van der Waals surface area contributed by atoms with Crippen molar-refractivity contribution in [2.75, 3.05) is 12.3 Å². The Labute approximate surface area is 102 Å². The van der Waals surface area contributed by atoms with Gasteiger partial charge < -0.3 is 11.1 Å². The Morgan fingerprint density at radius 3 is 2.59 bits per heavy atom. The van der Waals surface area contributed by atoms with Gasteiger partial charge in [0, 0.05) is 6.54 Å². The predicted octanol–water partition coefficient (Wildman–Crippen LogP) is 1.89. The van der Waals surface area contributed by atoms with Gasteiger partial charge in [-0.15, -0.1) is 0 Å². The van der Waals surface area contributed by atoms with Gasteiger partial charge in [-0.2, -0.15) is 5.10 Å². The number of carbonyl (C=O) groups is 1. The quantitative estimate of drug-likeness (QED) is 0.732. The molecule has 96 valence electrons. The van der Waals surface area contributed by atoms with Gasteiger partial charge in [0.25, 0.3) is 5.91 Å². The van der Waals surface area contributed by atoms with Gasteiger partial charge in [-0.1, -0.05) is 34.1 Å². The fourth-order valence-electron chi connectivity index (χ4n) is 1.47. The Bertz CT molecular complexity index is 384. The predicted molar refractivity (Wildman–Crippen MR) is 68.9 cm³/mol. The first-order chi connectivity index (χ1) is 7.97. The average molecular weight is 238 g/mol. The number of rotatable bonds is 5. The molecule has 0 bridgehead atoms. The molecule has 1 aromatic heterocycles. The average Bonchev–Trinajstić information content (AvgIpc) is 2.67. The van der Waals surface area contributed by atoms with Crippen molar-refractivity contribution in [1.82, 2.24) is 15.5 Å². The zero-order valence-corrected chi connectivity index (χ0v) is 11.0. The van der Waals surface area contributed by atoms with Crippen molar-refractivity contribution >= 4 is 11.6 Å².